The Kier molecular flexibility index (Phi) is 6.15. The zero-order valence-electron chi connectivity index (χ0n) is 16.8. The Morgan fingerprint density at radius 2 is 2.09 bits per heavy atom. The van der Waals surface area contributed by atoms with Gasteiger partial charge in [-0.25, -0.2) is 9.37 Å². The lowest BCUT2D eigenvalue weighted by Gasteiger charge is -2.14. The van der Waals surface area contributed by atoms with E-state index in [1.807, 2.05) is 5.38 Å². The number of benzene rings is 1. The van der Waals surface area contributed by atoms with Crippen LogP contribution in [0.4, 0.5) is 33.2 Å². The van der Waals surface area contributed by atoms with E-state index in [4.69, 9.17) is 11.6 Å². The second-order valence-electron chi connectivity index (χ2n) is 6.64. The largest absolute Gasteiger partial charge is 0.337 e. The second kappa shape index (κ2) is 9.16. The van der Waals surface area contributed by atoms with Gasteiger partial charge in [0.05, 0.1) is 21.9 Å². The van der Waals surface area contributed by atoms with Crippen molar-refractivity contribution in [2.24, 2.45) is 7.05 Å². The average molecular weight is 470 g/mol. The van der Waals surface area contributed by atoms with E-state index in [-0.39, 0.29) is 5.69 Å². The molecule has 8 nitrogen and oxygen atoms in total. The predicted octanol–water partition coefficient (Wildman–Crippen LogP) is 5.34. The lowest BCUT2D eigenvalue weighted by atomic mass is 10.1. The molecule has 11 heteroatoms. The third kappa shape index (κ3) is 4.93. The van der Waals surface area contributed by atoms with Crippen LogP contribution in [-0.4, -0.2) is 25.7 Å². The maximum Gasteiger partial charge on any atom is 0.247 e. The number of anilines is 5. The van der Waals surface area contributed by atoms with E-state index in [2.05, 4.69) is 37.6 Å². The van der Waals surface area contributed by atoms with Gasteiger partial charge in [-0.15, -0.1) is 11.3 Å². The summed E-state index contributed by atoms with van der Waals surface area (Å²) in [5, 5.41) is 14.6. The maximum atomic E-state index is 14.6. The molecule has 0 aliphatic rings. The van der Waals surface area contributed by atoms with Crippen molar-refractivity contribution in [2.75, 3.05) is 16.0 Å². The van der Waals surface area contributed by atoms with Crippen molar-refractivity contribution < 1.29 is 9.18 Å². The summed E-state index contributed by atoms with van der Waals surface area (Å²) in [6.45, 7) is 3.42. The van der Waals surface area contributed by atoms with Gasteiger partial charge >= 0.3 is 0 Å². The van der Waals surface area contributed by atoms with Crippen molar-refractivity contribution in [3.63, 3.8) is 0 Å². The molecule has 0 atom stereocenters. The molecule has 0 aliphatic carbocycles. The fourth-order valence-electron chi connectivity index (χ4n) is 2.83. The monoisotopic (exact) mass is 469 g/mol. The van der Waals surface area contributed by atoms with Crippen molar-refractivity contribution in [2.45, 2.75) is 0 Å². The fraction of sp³-hybridized carbons (Fsp3) is 0.0476. The summed E-state index contributed by atoms with van der Waals surface area (Å²) < 4.78 is 16.8. The van der Waals surface area contributed by atoms with Crippen molar-refractivity contribution in [3.05, 3.63) is 71.0 Å². The average Bonchev–Trinajstić information content (AvgIpc) is 3.38. The first-order valence-corrected chi connectivity index (χ1v) is 10.5. The van der Waals surface area contributed by atoms with E-state index in [1.54, 1.807) is 36.4 Å². The summed E-state index contributed by atoms with van der Waals surface area (Å²) in [7, 11) is 1.79. The standard InChI is InChI=1S/C21H17ClFN7OS/c1-3-19(31)26-13-4-5-16(23)17(7-13)28-20-15(12-6-18(22)32-11-12)9-24-21(29-20)27-14-8-25-30(2)10-14/h3-11H,1H2,2H3,(H,26,31)(H2,24,27,28,29). The van der Waals surface area contributed by atoms with E-state index < -0.39 is 11.7 Å². The van der Waals surface area contributed by atoms with E-state index in [0.29, 0.717) is 33.0 Å². The van der Waals surface area contributed by atoms with Crippen LogP contribution in [0.3, 0.4) is 0 Å². The molecule has 3 N–H and O–H groups in total. The molecule has 0 saturated heterocycles. The quantitative estimate of drug-likeness (QED) is 0.316. The minimum absolute atomic E-state index is 0.125. The van der Waals surface area contributed by atoms with Crippen LogP contribution in [0.1, 0.15) is 0 Å². The molecule has 0 bridgehead atoms. The Morgan fingerprint density at radius 3 is 2.78 bits per heavy atom. The number of aryl methyl sites for hydroxylation is 1. The van der Waals surface area contributed by atoms with Crippen LogP contribution in [0.25, 0.3) is 11.1 Å². The molecule has 0 radical (unpaired) electrons. The number of hydrogen-bond donors (Lipinski definition) is 3. The van der Waals surface area contributed by atoms with Gasteiger partial charge in [-0.3, -0.25) is 9.48 Å². The maximum absolute atomic E-state index is 14.6. The summed E-state index contributed by atoms with van der Waals surface area (Å²) in [5.74, 6) is -0.272. The third-order valence-corrected chi connectivity index (χ3v) is 5.39. The van der Waals surface area contributed by atoms with Gasteiger partial charge in [0.15, 0.2) is 0 Å². The SMILES string of the molecule is C=CC(=O)Nc1ccc(F)c(Nc2nc(Nc3cnn(C)c3)ncc2-c2csc(Cl)c2)c1. The number of carbonyl (C=O) groups excluding carboxylic acids is 1. The normalized spacial score (nSPS) is 10.6. The molecule has 162 valence electrons. The van der Waals surface area contributed by atoms with Gasteiger partial charge in [-0.1, -0.05) is 18.2 Å². The highest BCUT2D eigenvalue weighted by atomic mass is 35.5. The molecule has 0 saturated carbocycles. The number of nitrogens with one attached hydrogen (secondary N) is 3. The van der Waals surface area contributed by atoms with Crippen LogP contribution >= 0.6 is 22.9 Å². The predicted molar refractivity (Wildman–Crippen MR) is 125 cm³/mol. The van der Waals surface area contributed by atoms with Crippen molar-refractivity contribution in [3.8, 4) is 11.1 Å². The van der Waals surface area contributed by atoms with Crippen molar-refractivity contribution in [1.29, 1.82) is 0 Å². The number of aromatic nitrogens is 4. The number of thiophene rings is 1. The van der Waals surface area contributed by atoms with Gasteiger partial charge in [0.2, 0.25) is 11.9 Å². The van der Waals surface area contributed by atoms with Crippen molar-refractivity contribution >= 4 is 57.7 Å². The van der Waals surface area contributed by atoms with Gasteiger partial charge in [0.1, 0.15) is 11.6 Å². The van der Waals surface area contributed by atoms with Crippen LogP contribution in [0.2, 0.25) is 4.34 Å². The molecule has 4 aromatic rings. The lowest BCUT2D eigenvalue weighted by Crippen LogP contribution is -2.08. The summed E-state index contributed by atoms with van der Waals surface area (Å²) >= 11 is 7.46. The first-order valence-electron chi connectivity index (χ1n) is 9.28. The number of nitrogens with zero attached hydrogens (tertiary/aromatic N) is 4. The highest BCUT2D eigenvalue weighted by molar-refractivity contribution is 7.14. The molecule has 3 heterocycles. The molecule has 3 aromatic heterocycles. The third-order valence-electron chi connectivity index (χ3n) is 4.30. The Bertz CT molecular complexity index is 1300. The number of amides is 1. The smallest absolute Gasteiger partial charge is 0.247 e. The zero-order valence-corrected chi connectivity index (χ0v) is 18.3. The fourth-order valence-corrected chi connectivity index (χ4v) is 3.72. The molecular formula is C21H17ClFN7OS. The molecule has 0 unspecified atom stereocenters. The van der Waals surface area contributed by atoms with Crippen molar-refractivity contribution in [1.82, 2.24) is 19.7 Å². The first kappa shape index (κ1) is 21.5. The molecule has 0 spiro atoms. The lowest BCUT2D eigenvalue weighted by molar-refractivity contribution is -0.111. The highest BCUT2D eigenvalue weighted by Crippen LogP contribution is 2.35. The van der Waals surface area contributed by atoms with E-state index in [9.17, 15) is 9.18 Å². The summed E-state index contributed by atoms with van der Waals surface area (Å²) in [6, 6.07) is 5.95. The molecule has 4 rings (SSSR count). The van der Waals surface area contributed by atoms with Crippen LogP contribution in [0.15, 0.2) is 60.9 Å². The van der Waals surface area contributed by atoms with Gasteiger partial charge < -0.3 is 16.0 Å². The zero-order chi connectivity index (χ0) is 22.7. The Labute approximate surface area is 191 Å². The Hall–Kier alpha value is -3.76. The number of carbonyl (C=O) groups is 1. The highest BCUT2D eigenvalue weighted by Gasteiger charge is 2.15. The van der Waals surface area contributed by atoms with E-state index in [0.717, 1.165) is 11.6 Å². The van der Waals surface area contributed by atoms with E-state index in [1.165, 1.54) is 29.5 Å². The summed E-state index contributed by atoms with van der Waals surface area (Å²) in [5.41, 5.74) is 2.64. The van der Waals surface area contributed by atoms with Gasteiger partial charge in [-0.05, 0) is 35.9 Å². The molecule has 0 aliphatic heterocycles. The van der Waals surface area contributed by atoms with Gasteiger partial charge in [-0.2, -0.15) is 10.1 Å². The van der Waals surface area contributed by atoms with Crippen LogP contribution in [0.5, 0.6) is 0 Å². The molecule has 0 fully saturated rings. The number of halogens is 2. The van der Waals surface area contributed by atoms with Crippen LogP contribution < -0.4 is 16.0 Å². The molecule has 32 heavy (non-hydrogen) atoms. The first-order chi connectivity index (χ1) is 15.4. The number of rotatable bonds is 7. The van der Waals surface area contributed by atoms with Gasteiger partial charge in [0.25, 0.3) is 0 Å². The molecular weight excluding hydrogens is 453 g/mol. The minimum Gasteiger partial charge on any atom is -0.337 e. The Morgan fingerprint density at radius 1 is 1.25 bits per heavy atom. The van der Waals surface area contributed by atoms with Crippen LogP contribution in [0, 0.1) is 5.82 Å². The van der Waals surface area contributed by atoms with Gasteiger partial charge in [0, 0.05) is 36.1 Å². The topological polar surface area (TPSA) is 96.8 Å². The van der Waals surface area contributed by atoms with E-state index >= 15 is 0 Å². The van der Waals surface area contributed by atoms with Crippen LogP contribution in [-0.2, 0) is 11.8 Å². The minimum atomic E-state index is -0.517. The number of hydrogen-bond acceptors (Lipinski definition) is 7. The Balaban J connectivity index is 1.71. The molecule has 1 aromatic carbocycles. The molecule has 1 amide bonds. The second-order valence-corrected chi connectivity index (χ2v) is 8.18. The summed E-state index contributed by atoms with van der Waals surface area (Å²) in [4.78, 5) is 20.5. The summed E-state index contributed by atoms with van der Waals surface area (Å²) in [6.07, 6.45) is 6.16.